The number of rotatable bonds is 4. The van der Waals surface area contributed by atoms with Crippen molar-refractivity contribution >= 4 is 28.1 Å². The van der Waals surface area contributed by atoms with Gasteiger partial charge < -0.3 is 9.80 Å². The third kappa shape index (κ3) is 3.99. The molecule has 2 aliphatic rings. The van der Waals surface area contributed by atoms with Gasteiger partial charge in [0.2, 0.25) is 5.13 Å². The first-order valence-electron chi connectivity index (χ1n) is 9.74. The Morgan fingerprint density at radius 1 is 1.04 bits per heavy atom. The lowest BCUT2D eigenvalue weighted by Crippen LogP contribution is -2.48. The van der Waals surface area contributed by atoms with Crippen LogP contribution in [0.15, 0.2) is 24.3 Å². The number of nitro groups is 1. The van der Waals surface area contributed by atoms with Crippen molar-refractivity contribution in [1.82, 2.24) is 15.1 Å². The number of amides is 1. The number of nitrogens with zero attached hydrogens (tertiary/aromatic N) is 5. The molecule has 1 saturated heterocycles. The fraction of sp³-hybridized carbons (Fsp3) is 0.526. The van der Waals surface area contributed by atoms with Gasteiger partial charge in [-0.05, 0) is 25.0 Å². The molecule has 1 aliphatic carbocycles. The van der Waals surface area contributed by atoms with Gasteiger partial charge in [-0.1, -0.05) is 30.6 Å². The number of carbonyl (C=O) groups is 1. The molecule has 9 heteroatoms. The minimum absolute atomic E-state index is 0.00795. The Kier molecular flexibility index (Phi) is 5.52. The van der Waals surface area contributed by atoms with Gasteiger partial charge in [0.25, 0.3) is 11.6 Å². The summed E-state index contributed by atoms with van der Waals surface area (Å²) in [7, 11) is 0. The summed E-state index contributed by atoms with van der Waals surface area (Å²) in [5.41, 5.74) is 0.473. The second-order valence-corrected chi connectivity index (χ2v) is 8.33. The minimum Gasteiger partial charge on any atom is -0.343 e. The van der Waals surface area contributed by atoms with E-state index in [9.17, 15) is 14.9 Å². The van der Waals surface area contributed by atoms with Gasteiger partial charge >= 0.3 is 0 Å². The molecule has 148 valence electrons. The average molecular weight is 401 g/mol. The Labute approximate surface area is 167 Å². The predicted molar refractivity (Wildman–Crippen MR) is 107 cm³/mol. The Bertz CT molecular complexity index is 840. The van der Waals surface area contributed by atoms with Crippen LogP contribution in [0.2, 0.25) is 0 Å². The minimum atomic E-state index is -0.462. The van der Waals surface area contributed by atoms with Crippen LogP contribution in [0.3, 0.4) is 0 Å². The molecule has 0 unspecified atom stereocenters. The molecular weight excluding hydrogens is 378 g/mol. The summed E-state index contributed by atoms with van der Waals surface area (Å²) in [6.07, 6.45) is 6.32. The highest BCUT2D eigenvalue weighted by Crippen LogP contribution is 2.36. The molecule has 1 amide bonds. The molecule has 2 heterocycles. The highest BCUT2D eigenvalue weighted by molar-refractivity contribution is 7.15. The smallest absolute Gasteiger partial charge is 0.269 e. The normalized spacial score (nSPS) is 18.3. The third-order valence-corrected chi connectivity index (χ3v) is 6.69. The standard InChI is InChI=1S/C19H23N5O3S/c25-18(15-6-8-16(9-7-15)24(26)27)22-10-12-23(13-11-22)19-21-20-17(28-19)14-4-2-1-3-5-14/h6-9,14H,1-5,10-13H2. The van der Waals surface area contributed by atoms with Crippen molar-refractivity contribution in [3.05, 3.63) is 45.0 Å². The van der Waals surface area contributed by atoms with E-state index >= 15 is 0 Å². The molecule has 28 heavy (non-hydrogen) atoms. The van der Waals surface area contributed by atoms with E-state index in [4.69, 9.17) is 0 Å². The van der Waals surface area contributed by atoms with Crippen LogP contribution < -0.4 is 4.90 Å². The predicted octanol–water partition coefficient (Wildman–Crippen LogP) is 3.46. The molecule has 1 saturated carbocycles. The van der Waals surface area contributed by atoms with E-state index in [1.165, 1.54) is 56.4 Å². The first-order chi connectivity index (χ1) is 13.6. The number of piperazine rings is 1. The summed E-state index contributed by atoms with van der Waals surface area (Å²) in [6.45, 7) is 2.65. The van der Waals surface area contributed by atoms with E-state index in [-0.39, 0.29) is 11.6 Å². The van der Waals surface area contributed by atoms with E-state index in [2.05, 4.69) is 15.1 Å². The maximum atomic E-state index is 12.6. The van der Waals surface area contributed by atoms with Crippen molar-refractivity contribution in [2.24, 2.45) is 0 Å². The number of nitro benzene ring substituents is 1. The maximum absolute atomic E-state index is 12.6. The van der Waals surface area contributed by atoms with Crippen molar-refractivity contribution in [2.75, 3.05) is 31.1 Å². The molecule has 0 spiro atoms. The summed E-state index contributed by atoms with van der Waals surface area (Å²) in [5.74, 6) is 0.472. The maximum Gasteiger partial charge on any atom is 0.269 e. The summed E-state index contributed by atoms with van der Waals surface area (Å²) >= 11 is 1.69. The molecule has 1 aliphatic heterocycles. The number of hydrogen-bond donors (Lipinski definition) is 0. The molecule has 8 nitrogen and oxygen atoms in total. The van der Waals surface area contributed by atoms with Crippen molar-refractivity contribution in [3.63, 3.8) is 0 Å². The Morgan fingerprint density at radius 2 is 1.71 bits per heavy atom. The van der Waals surface area contributed by atoms with Crippen LogP contribution in [0.25, 0.3) is 0 Å². The fourth-order valence-corrected chi connectivity index (χ4v) is 4.94. The molecule has 2 fully saturated rings. The van der Waals surface area contributed by atoms with Crippen molar-refractivity contribution in [2.45, 2.75) is 38.0 Å². The first-order valence-corrected chi connectivity index (χ1v) is 10.6. The number of aromatic nitrogens is 2. The van der Waals surface area contributed by atoms with Crippen LogP contribution in [0.5, 0.6) is 0 Å². The molecule has 1 aromatic heterocycles. The van der Waals surface area contributed by atoms with Gasteiger partial charge in [0.15, 0.2) is 0 Å². The van der Waals surface area contributed by atoms with Gasteiger partial charge in [-0.3, -0.25) is 14.9 Å². The van der Waals surface area contributed by atoms with Gasteiger partial charge in [-0.15, -0.1) is 10.2 Å². The van der Waals surface area contributed by atoms with Gasteiger partial charge in [0, 0.05) is 49.8 Å². The molecule has 0 atom stereocenters. The highest BCUT2D eigenvalue weighted by Gasteiger charge is 2.26. The molecule has 0 N–H and O–H groups in total. The molecule has 2 aromatic rings. The molecule has 0 bridgehead atoms. The quantitative estimate of drug-likeness (QED) is 0.575. The third-order valence-electron chi connectivity index (χ3n) is 5.55. The van der Waals surface area contributed by atoms with E-state index in [1.807, 2.05) is 0 Å². The monoisotopic (exact) mass is 401 g/mol. The van der Waals surface area contributed by atoms with Crippen LogP contribution in [-0.2, 0) is 0 Å². The number of hydrogen-bond acceptors (Lipinski definition) is 7. The Balaban J connectivity index is 1.34. The highest BCUT2D eigenvalue weighted by atomic mass is 32.1. The molecule has 0 radical (unpaired) electrons. The van der Waals surface area contributed by atoms with Crippen LogP contribution in [0.1, 0.15) is 53.4 Å². The lowest BCUT2D eigenvalue weighted by Gasteiger charge is -2.34. The Morgan fingerprint density at radius 3 is 2.36 bits per heavy atom. The van der Waals surface area contributed by atoms with Crippen LogP contribution in [0, 0.1) is 10.1 Å². The lowest BCUT2D eigenvalue weighted by molar-refractivity contribution is -0.384. The fourth-order valence-electron chi connectivity index (χ4n) is 3.88. The second kappa shape index (κ2) is 8.22. The summed E-state index contributed by atoms with van der Waals surface area (Å²) in [5, 5.41) is 21.7. The zero-order valence-electron chi connectivity index (χ0n) is 15.6. The van der Waals surface area contributed by atoms with Crippen LogP contribution in [0.4, 0.5) is 10.8 Å². The summed E-state index contributed by atoms with van der Waals surface area (Å²) < 4.78 is 0. The van der Waals surface area contributed by atoms with E-state index < -0.39 is 4.92 Å². The molecule has 4 rings (SSSR count). The van der Waals surface area contributed by atoms with E-state index in [0.717, 1.165) is 23.2 Å². The van der Waals surface area contributed by atoms with Crippen molar-refractivity contribution < 1.29 is 9.72 Å². The SMILES string of the molecule is O=C(c1ccc([N+](=O)[O-])cc1)N1CCN(c2nnc(C3CCCCC3)s2)CC1. The topological polar surface area (TPSA) is 92.5 Å². The number of carbonyl (C=O) groups excluding carboxylic acids is 1. The van der Waals surface area contributed by atoms with E-state index in [1.54, 1.807) is 16.2 Å². The van der Waals surface area contributed by atoms with Crippen LogP contribution >= 0.6 is 11.3 Å². The van der Waals surface area contributed by atoms with Gasteiger partial charge in [-0.2, -0.15) is 0 Å². The lowest BCUT2D eigenvalue weighted by atomic mass is 9.90. The number of non-ortho nitro benzene ring substituents is 1. The summed E-state index contributed by atoms with van der Waals surface area (Å²) in [4.78, 5) is 26.9. The summed E-state index contributed by atoms with van der Waals surface area (Å²) in [6, 6.07) is 5.79. The van der Waals surface area contributed by atoms with Crippen LogP contribution in [-0.4, -0.2) is 52.1 Å². The molecular formula is C19H23N5O3S. The number of benzene rings is 1. The van der Waals surface area contributed by atoms with Crippen molar-refractivity contribution in [3.8, 4) is 0 Å². The largest absolute Gasteiger partial charge is 0.343 e. The Hall–Kier alpha value is -2.55. The molecule has 1 aromatic carbocycles. The van der Waals surface area contributed by atoms with Gasteiger partial charge in [0.1, 0.15) is 5.01 Å². The zero-order chi connectivity index (χ0) is 19.5. The number of anilines is 1. The zero-order valence-corrected chi connectivity index (χ0v) is 16.4. The van der Waals surface area contributed by atoms with Gasteiger partial charge in [0.05, 0.1) is 4.92 Å². The van der Waals surface area contributed by atoms with Crippen molar-refractivity contribution in [1.29, 1.82) is 0 Å². The second-order valence-electron chi connectivity index (χ2n) is 7.34. The van der Waals surface area contributed by atoms with Gasteiger partial charge in [-0.25, -0.2) is 0 Å². The average Bonchev–Trinajstić information content (AvgIpc) is 3.24. The first kappa shape index (κ1) is 18.8. The van der Waals surface area contributed by atoms with E-state index in [0.29, 0.717) is 24.6 Å².